The van der Waals surface area contributed by atoms with Crippen molar-refractivity contribution in [2.75, 3.05) is 0 Å². The minimum atomic E-state index is -4.26. The first-order valence-electron chi connectivity index (χ1n) is 3.91. The largest absolute Gasteiger partial charge is 0.416 e. The Hall–Kier alpha value is -0.990. The lowest BCUT2D eigenvalue weighted by Gasteiger charge is -2.10. The van der Waals surface area contributed by atoms with Crippen molar-refractivity contribution in [1.29, 1.82) is 0 Å². The number of hydrogen-bond acceptors (Lipinski definition) is 0. The van der Waals surface area contributed by atoms with E-state index in [1.54, 1.807) is 13.0 Å². The third-order valence-electron chi connectivity index (χ3n) is 1.78. The first kappa shape index (κ1) is 10.1. The maximum absolute atomic E-state index is 12.2. The molecule has 0 heterocycles. The van der Waals surface area contributed by atoms with Crippen molar-refractivity contribution in [2.24, 2.45) is 0 Å². The van der Waals surface area contributed by atoms with Crippen molar-refractivity contribution < 1.29 is 13.2 Å². The summed E-state index contributed by atoms with van der Waals surface area (Å²) in [6.07, 6.45) is -4.26. The summed E-state index contributed by atoms with van der Waals surface area (Å²) in [5.74, 6) is -0.123. The van der Waals surface area contributed by atoms with Crippen LogP contribution in [0.5, 0.6) is 0 Å². The van der Waals surface area contributed by atoms with E-state index in [1.807, 2.05) is 0 Å². The van der Waals surface area contributed by atoms with Gasteiger partial charge < -0.3 is 0 Å². The van der Waals surface area contributed by atoms with E-state index in [4.69, 9.17) is 0 Å². The molecule has 1 unspecified atom stereocenters. The van der Waals surface area contributed by atoms with Gasteiger partial charge in [-0.05, 0) is 24.5 Å². The van der Waals surface area contributed by atoms with Gasteiger partial charge in [-0.2, -0.15) is 13.2 Å². The van der Waals surface area contributed by atoms with Crippen molar-refractivity contribution in [1.82, 2.24) is 0 Å². The van der Waals surface area contributed by atoms with Crippen LogP contribution in [0.25, 0.3) is 0 Å². The van der Waals surface area contributed by atoms with Gasteiger partial charge in [0.2, 0.25) is 0 Å². The molecule has 0 N–H and O–H groups in total. The normalized spacial score (nSPS) is 12.2. The van der Waals surface area contributed by atoms with Crippen molar-refractivity contribution in [3.05, 3.63) is 42.3 Å². The third kappa shape index (κ3) is 2.47. The fraction of sp³-hybridized carbons (Fsp3) is 0.300. The molecule has 13 heavy (non-hydrogen) atoms. The fourth-order valence-corrected chi connectivity index (χ4v) is 1.02. The summed E-state index contributed by atoms with van der Waals surface area (Å²) in [4.78, 5) is 0. The SMILES string of the molecule is [CH2]C(C)c1cccc(C(F)(F)F)c1. The van der Waals surface area contributed by atoms with Gasteiger partial charge in [0.05, 0.1) is 5.56 Å². The van der Waals surface area contributed by atoms with Crippen LogP contribution in [0.15, 0.2) is 24.3 Å². The average molecular weight is 187 g/mol. The van der Waals surface area contributed by atoms with Crippen LogP contribution in [-0.4, -0.2) is 0 Å². The van der Waals surface area contributed by atoms with Crippen LogP contribution >= 0.6 is 0 Å². The molecule has 0 nitrogen and oxygen atoms in total. The van der Waals surface area contributed by atoms with Crippen LogP contribution in [0, 0.1) is 6.92 Å². The van der Waals surface area contributed by atoms with Gasteiger partial charge in [-0.15, -0.1) is 0 Å². The van der Waals surface area contributed by atoms with Crippen LogP contribution in [0.3, 0.4) is 0 Å². The molecular formula is C10H10F3. The topological polar surface area (TPSA) is 0 Å². The predicted molar refractivity (Wildman–Crippen MR) is 45.2 cm³/mol. The standard InChI is InChI=1S/C10H10F3/c1-7(2)8-4-3-5-9(6-8)10(11,12)13/h3-7H,1H2,2H3. The molecule has 0 aliphatic rings. The van der Waals surface area contributed by atoms with Gasteiger partial charge in [0, 0.05) is 0 Å². The lowest BCUT2D eigenvalue weighted by molar-refractivity contribution is -0.137. The number of benzene rings is 1. The summed E-state index contributed by atoms with van der Waals surface area (Å²) in [6, 6.07) is 5.25. The maximum Gasteiger partial charge on any atom is 0.416 e. The lowest BCUT2D eigenvalue weighted by atomic mass is 10.0. The van der Waals surface area contributed by atoms with Gasteiger partial charge in [-0.25, -0.2) is 0 Å². The molecule has 0 aromatic heterocycles. The minimum absolute atomic E-state index is 0.123. The second-order valence-electron chi connectivity index (χ2n) is 3.02. The highest BCUT2D eigenvalue weighted by atomic mass is 19.4. The molecule has 1 rings (SSSR count). The van der Waals surface area contributed by atoms with Crippen molar-refractivity contribution in [2.45, 2.75) is 19.0 Å². The molecule has 0 aliphatic carbocycles. The first-order valence-corrected chi connectivity index (χ1v) is 3.91. The van der Waals surface area contributed by atoms with E-state index >= 15 is 0 Å². The summed E-state index contributed by atoms with van der Waals surface area (Å²) in [5, 5.41) is 0. The van der Waals surface area contributed by atoms with Crippen molar-refractivity contribution >= 4 is 0 Å². The summed E-state index contributed by atoms with van der Waals surface area (Å²) < 4.78 is 36.6. The zero-order valence-electron chi connectivity index (χ0n) is 7.23. The van der Waals surface area contributed by atoms with E-state index in [0.717, 1.165) is 12.1 Å². The highest BCUT2D eigenvalue weighted by Crippen LogP contribution is 2.30. The van der Waals surface area contributed by atoms with Crippen LogP contribution in [0.4, 0.5) is 13.2 Å². The first-order chi connectivity index (χ1) is 5.91. The second-order valence-corrected chi connectivity index (χ2v) is 3.02. The molecule has 0 spiro atoms. The highest BCUT2D eigenvalue weighted by molar-refractivity contribution is 5.28. The van der Waals surface area contributed by atoms with E-state index in [1.165, 1.54) is 6.07 Å². The van der Waals surface area contributed by atoms with Gasteiger partial charge in [0.15, 0.2) is 0 Å². The Labute approximate surface area is 75.4 Å². The zero-order valence-corrected chi connectivity index (χ0v) is 7.23. The van der Waals surface area contributed by atoms with E-state index < -0.39 is 11.7 Å². The molecule has 1 radical (unpaired) electrons. The summed E-state index contributed by atoms with van der Waals surface area (Å²) in [7, 11) is 0. The van der Waals surface area contributed by atoms with Crippen LogP contribution < -0.4 is 0 Å². The quantitative estimate of drug-likeness (QED) is 0.629. The summed E-state index contributed by atoms with van der Waals surface area (Å²) in [6.45, 7) is 5.42. The third-order valence-corrected chi connectivity index (χ3v) is 1.78. The molecule has 0 fully saturated rings. The van der Waals surface area contributed by atoms with E-state index in [2.05, 4.69) is 6.92 Å². The van der Waals surface area contributed by atoms with Gasteiger partial charge in [-0.3, -0.25) is 0 Å². The molecule has 0 saturated heterocycles. The maximum atomic E-state index is 12.2. The minimum Gasteiger partial charge on any atom is -0.166 e. The molecule has 0 aliphatic heterocycles. The Kier molecular flexibility index (Phi) is 2.64. The monoisotopic (exact) mass is 187 g/mol. The van der Waals surface area contributed by atoms with Crippen LogP contribution in [0.2, 0.25) is 0 Å². The molecule has 71 valence electrons. The van der Waals surface area contributed by atoms with E-state index in [0.29, 0.717) is 5.56 Å². The average Bonchev–Trinajstić information content (AvgIpc) is 2.03. The summed E-state index contributed by atoms with van der Waals surface area (Å²) in [5.41, 5.74) is -0.00433. The molecular weight excluding hydrogens is 177 g/mol. The smallest absolute Gasteiger partial charge is 0.166 e. The number of halogens is 3. The second kappa shape index (κ2) is 3.40. The van der Waals surface area contributed by atoms with Gasteiger partial charge in [0.1, 0.15) is 0 Å². The van der Waals surface area contributed by atoms with Crippen LogP contribution in [-0.2, 0) is 6.18 Å². The Morgan fingerprint density at radius 2 is 1.92 bits per heavy atom. The molecule has 1 aromatic carbocycles. The molecule has 1 atom stereocenters. The lowest BCUT2D eigenvalue weighted by Crippen LogP contribution is -2.05. The van der Waals surface area contributed by atoms with Gasteiger partial charge in [-0.1, -0.05) is 25.1 Å². The van der Waals surface area contributed by atoms with E-state index in [-0.39, 0.29) is 5.92 Å². The van der Waals surface area contributed by atoms with Gasteiger partial charge >= 0.3 is 6.18 Å². The predicted octanol–water partition coefficient (Wildman–Crippen LogP) is 3.64. The van der Waals surface area contributed by atoms with Crippen molar-refractivity contribution in [3.8, 4) is 0 Å². The van der Waals surface area contributed by atoms with Crippen LogP contribution in [0.1, 0.15) is 24.0 Å². The number of alkyl halides is 3. The molecule has 0 saturated carbocycles. The number of hydrogen-bond donors (Lipinski definition) is 0. The number of rotatable bonds is 1. The zero-order chi connectivity index (χ0) is 10.1. The molecule has 0 amide bonds. The molecule has 3 heteroatoms. The van der Waals surface area contributed by atoms with Crippen molar-refractivity contribution in [3.63, 3.8) is 0 Å². The highest BCUT2D eigenvalue weighted by Gasteiger charge is 2.30. The Balaban J connectivity index is 3.06. The Morgan fingerprint density at radius 3 is 2.38 bits per heavy atom. The Morgan fingerprint density at radius 1 is 1.31 bits per heavy atom. The summed E-state index contributed by atoms with van der Waals surface area (Å²) >= 11 is 0. The van der Waals surface area contributed by atoms with Gasteiger partial charge in [0.25, 0.3) is 0 Å². The fourth-order valence-electron chi connectivity index (χ4n) is 1.02. The molecule has 1 aromatic rings. The Bertz CT molecular complexity index is 286. The van der Waals surface area contributed by atoms with E-state index in [9.17, 15) is 13.2 Å². The molecule has 0 bridgehead atoms.